The van der Waals surface area contributed by atoms with Crippen molar-refractivity contribution in [1.82, 2.24) is 25.1 Å². The maximum atomic E-state index is 12.9. The fourth-order valence-electron chi connectivity index (χ4n) is 3.14. The first kappa shape index (κ1) is 17.8. The Morgan fingerprint density at radius 1 is 0.964 bits per heavy atom. The highest BCUT2D eigenvalue weighted by Gasteiger charge is 2.23. The molecule has 3 aromatic rings. The van der Waals surface area contributed by atoms with Gasteiger partial charge in [-0.25, -0.2) is 9.97 Å². The standard InChI is InChI=1S/C20H20N6O2/c1-28-18-7-6-17(23-24-18)15-4-2-5-16(14-15)19(27)25-10-12-26(13-11-25)20-21-8-3-9-22-20/h2-9,14H,10-13H2,1H3. The van der Waals surface area contributed by atoms with E-state index in [-0.39, 0.29) is 5.91 Å². The molecule has 0 radical (unpaired) electrons. The molecule has 3 heterocycles. The number of aromatic nitrogens is 4. The molecule has 0 bridgehead atoms. The minimum Gasteiger partial charge on any atom is -0.480 e. The third kappa shape index (κ3) is 3.75. The van der Waals surface area contributed by atoms with Crippen LogP contribution in [0.25, 0.3) is 11.3 Å². The summed E-state index contributed by atoms with van der Waals surface area (Å²) in [6.07, 6.45) is 3.46. The molecule has 0 atom stereocenters. The van der Waals surface area contributed by atoms with Crippen LogP contribution >= 0.6 is 0 Å². The van der Waals surface area contributed by atoms with Gasteiger partial charge in [-0.2, -0.15) is 0 Å². The number of ether oxygens (including phenoxy) is 1. The molecule has 1 aromatic carbocycles. The van der Waals surface area contributed by atoms with E-state index in [1.54, 1.807) is 31.6 Å². The minimum atomic E-state index is 0.0111. The summed E-state index contributed by atoms with van der Waals surface area (Å²) in [6, 6.07) is 12.8. The third-order valence-electron chi connectivity index (χ3n) is 4.66. The third-order valence-corrected chi connectivity index (χ3v) is 4.66. The summed E-state index contributed by atoms with van der Waals surface area (Å²) in [5.74, 6) is 1.17. The van der Waals surface area contributed by atoms with Crippen molar-refractivity contribution in [3.05, 3.63) is 60.4 Å². The second kappa shape index (κ2) is 7.99. The quantitative estimate of drug-likeness (QED) is 0.688. The minimum absolute atomic E-state index is 0.0111. The van der Waals surface area contributed by atoms with Crippen molar-refractivity contribution >= 4 is 11.9 Å². The van der Waals surface area contributed by atoms with Gasteiger partial charge in [0.2, 0.25) is 11.8 Å². The first-order valence-electron chi connectivity index (χ1n) is 9.04. The molecule has 2 aromatic heterocycles. The summed E-state index contributed by atoms with van der Waals surface area (Å²) < 4.78 is 5.04. The zero-order valence-corrected chi connectivity index (χ0v) is 15.5. The van der Waals surface area contributed by atoms with Gasteiger partial charge in [0.05, 0.1) is 12.8 Å². The van der Waals surface area contributed by atoms with Crippen LogP contribution in [-0.4, -0.2) is 64.3 Å². The maximum absolute atomic E-state index is 12.9. The average molecular weight is 376 g/mol. The van der Waals surface area contributed by atoms with Gasteiger partial charge >= 0.3 is 0 Å². The van der Waals surface area contributed by atoms with Crippen molar-refractivity contribution in [3.8, 4) is 17.1 Å². The zero-order chi connectivity index (χ0) is 19.3. The largest absolute Gasteiger partial charge is 0.480 e. The molecule has 0 spiro atoms. The number of hydrogen-bond donors (Lipinski definition) is 0. The van der Waals surface area contributed by atoms with Crippen LogP contribution in [-0.2, 0) is 0 Å². The number of methoxy groups -OCH3 is 1. The van der Waals surface area contributed by atoms with Crippen molar-refractivity contribution in [1.29, 1.82) is 0 Å². The van der Waals surface area contributed by atoms with Crippen LogP contribution in [0.4, 0.5) is 5.95 Å². The molecular formula is C20H20N6O2. The van der Waals surface area contributed by atoms with E-state index in [0.29, 0.717) is 49.3 Å². The molecule has 1 amide bonds. The molecule has 0 aliphatic carbocycles. The topological polar surface area (TPSA) is 84.3 Å². The van der Waals surface area contributed by atoms with Gasteiger partial charge in [-0.1, -0.05) is 12.1 Å². The van der Waals surface area contributed by atoms with E-state index in [2.05, 4.69) is 25.1 Å². The van der Waals surface area contributed by atoms with E-state index < -0.39 is 0 Å². The molecule has 1 aliphatic rings. The van der Waals surface area contributed by atoms with Gasteiger partial charge in [0.25, 0.3) is 5.91 Å². The number of hydrogen-bond acceptors (Lipinski definition) is 7. The Bertz CT molecular complexity index is 940. The predicted molar refractivity (Wildman–Crippen MR) is 104 cm³/mol. The Balaban J connectivity index is 1.45. The monoisotopic (exact) mass is 376 g/mol. The van der Waals surface area contributed by atoms with Crippen LogP contribution in [0.5, 0.6) is 5.88 Å². The van der Waals surface area contributed by atoms with Gasteiger partial charge in [0.1, 0.15) is 0 Å². The van der Waals surface area contributed by atoms with Crippen molar-refractivity contribution < 1.29 is 9.53 Å². The van der Waals surface area contributed by atoms with Gasteiger partial charge in [-0.3, -0.25) is 4.79 Å². The van der Waals surface area contributed by atoms with Crippen molar-refractivity contribution in [3.63, 3.8) is 0 Å². The Morgan fingerprint density at radius 3 is 2.43 bits per heavy atom. The molecule has 142 valence electrons. The van der Waals surface area contributed by atoms with E-state index in [1.807, 2.05) is 35.2 Å². The summed E-state index contributed by atoms with van der Waals surface area (Å²) >= 11 is 0. The van der Waals surface area contributed by atoms with Crippen LogP contribution < -0.4 is 9.64 Å². The lowest BCUT2D eigenvalue weighted by Gasteiger charge is -2.34. The molecule has 8 heteroatoms. The van der Waals surface area contributed by atoms with E-state index in [9.17, 15) is 4.79 Å². The van der Waals surface area contributed by atoms with Crippen LogP contribution in [0, 0.1) is 0 Å². The predicted octanol–water partition coefficient (Wildman–Crippen LogP) is 1.90. The molecule has 8 nitrogen and oxygen atoms in total. The first-order valence-corrected chi connectivity index (χ1v) is 9.04. The Hall–Kier alpha value is -3.55. The van der Waals surface area contributed by atoms with Gasteiger partial charge < -0.3 is 14.5 Å². The van der Waals surface area contributed by atoms with Gasteiger partial charge in [0.15, 0.2) is 0 Å². The fourth-order valence-corrected chi connectivity index (χ4v) is 3.14. The van der Waals surface area contributed by atoms with E-state index >= 15 is 0 Å². The molecule has 1 aliphatic heterocycles. The Morgan fingerprint density at radius 2 is 1.75 bits per heavy atom. The molecule has 4 rings (SSSR count). The molecule has 28 heavy (non-hydrogen) atoms. The van der Waals surface area contributed by atoms with Crippen molar-refractivity contribution in [2.45, 2.75) is 0 Å². The summed E-state index contributed by atoms with van der Waals surface area (Å²) in [5.41, 5.74) is 2.18. The number of amides is 1. The summed E-state index contributed by atoms with van der Waals surface area (Å²) in [6.45, 7) is 2.67. The molecule has 0 N–H and O–H groups in total. The average Bonchev–Trinajstić information content (AvgIpc) is 2.79. The van der Waals surface area contributed by atoms with Crippen LogP contribution in [0.2, 0.25) is 0 Å². The Labute approximate surface area is 162 Å². The van der Waals surface area contributed by atoms with Crippen LogP contribution in [0.1, 0.15) is 10.4 Å². The second-order valence-electron chi connectivity index (χ2n) is 6.37. The molecule has 1 fully saturated rings. The zero-order valence-electron chi connectivity index (χ0n) is 15.5. The van der Waals surface area contributed by atoms with E-state index in [4.69, 9.17) is 4.74 Å². The number of carbonyl (C=O) groups excluding carboxylic acids is 1. The number of anilines is 1. The molecule has 0 saturated carbocycles. The highest BCUT2D eigenvalue weighted by molar-refractivity contribution is 5.95. The van der Waals surface area contributed by atoms with Crippen LogP contribution in [0.3, 0.4) is 0 Å². The summed E-state index contributed by atoms with van der Waals surface area (Å²) in [4.78, 5) is 25.5. The lowest BCUT2D eigenvalue weighted by atomic mass is 10.1. The first-order chi connectivity index (χ1) is 13.7. The fraction of sp³-hybridized carbons (Fsp3) is 0.250. The highest BCUT2D eigenvalue weighted by Crippen LogP contribution is 2.20. The Kier molecular flexibility index (Phi) is 5.09. The number of carbonyl (C=O) groups is 1. The van der Waals surface area contributed by atoms with Crippen molar-refractivity contribution in [2.24, 2.45) is 0 Å². The summed E-state index contributed by atoms with van der Waals surface area (Å²) in [5, 5.41) is 8.15. The number of nitrogens with zero attached hydrogens (tertiary/aromatic N) is 6. The van der Waals surface area contributed by atoms with Gasteiger partial charge in [-0.15, -0.1) is 10.2 Å². The van der Waals surface area contributed by atoms with Crippen molar-refractivity contribution in [2.75, 3.05) is 38.2 Å². The SMILES string of the molecule is COc1ccc(-c2cccc(C(=O)N3CCN(c4ncccn4)CC3)c2)nn1. The number of rotatable bonds is 4. The van der Waals surface area contributed by atoms with Gasteiger partial charge in [-0.05, 0) is 24.3 Å². The normalized spacial score (nSPS) is 14.0. The van der Waals surface area contributed by atoms with Gasteiger partial charge in [0, 0.05) is 55.8 Å². The van der Waals surface area contributed by atoms with E-state index in [0.717, 1.165) is 5.56 Å². The van der Waals surface area contributed by atoms with E-state index in [1.165, 1.54) is 0 Å². The highest BCUT2D eigenvalue weighted by atomic mass is 16.5. The van der Waals surface area contributed by atoms with Crippen LogP contribution in [0.15, 0.2) is 54.9 Å². The summed E-state index contributed by atoms with van der Waals surface area (Å²) in [7, 11) is 1.55. The molecule has 1 saturated heterocycles. The number of piperazine rings is 1. The maximum Gasteiger partial charge on any atom is 0.253 e. The lowest BCUT2D eigenvalue weighted by molar-refractivity contribution is 0.0746. The molecular weight excluding hydrogens is 356 g/mol. The smallest absolute Gasteiger partial charge is 0.253 e. The lowest BCUT2D eigenvalue weighted by Crippen LogP contribution is -2.49. The second-order valence-corrected chi connectivity index (χ2v) is 6.37. The number of benzene rings is 1. The molecule has 0 unspecified atom stereocenters.